The number of hydrogen-bond acceptors (Lipinski definition) is 4. The maximum atomic E-state index is 10.0. The molecular weight excluding hydrogens is 567 g/mol. The number of ether oxygens (including phenoxy) is 1. The largest absolute Gasteiger partial charge is 0.512 e. The summed E-state index contributed by atoms with van der Waals surface area (Å²) in [6.07, 6.45) is 1.17. The van der Waals surface area contributed by atoms with Crippen LogP contribution in [0.4, 0.5) is 0 Å². The second kappa shape index (κ2) is 11.2. The predicted molar refractivity (Wildman–Crippen MR) is 123 cm³/mol. The van der Waals surface area contributed by atoms with E-state index in [1.54, 1.807) is 7.11 Å². The normalized spacial score (nSPS) is 10.8. The van der Waals surface area contributed by atoms with Gasteiger partial charge in [0.25, 0.3) is 0 Å². The molecule has 0 bridgehead atoms. The van der Waals surface area contributed by atoms with Gasteiger partial charge < -0.3 is 9.84 Å². The third-order valence-electron chi connectivity index (χ3n) is 4.96. The van der Waals surface area contributed by atoms with E-state index < -0.39 is 0 Å². The molecule has 31 heavy (non-hydrogen) atoms. The third kappa shape index (κ3) is 6.75. The number of hydrogen-bond donors (Lipinski definition) is 1. The van der Waals surface area contributed by atoms with Gasteiger partial charge in [0.2, 0.25) is 0 Å². The first kappa shape index (κ1) is 26.5. The number of carbonyl (C=O) groups is 1. The van der Waals surface area contributed by atoms with Crippen LogP contribution in [0.3, 0.4) is 0 Å². The first-order valence-corrected chi connectivity index (χ1v) is 9.87. The van der Waals surface area contributed by atoms with E-state index in [-0.39, 0.29) is 31.6 Å². The summed E-state index contributed by atoms with van der Waals surface area (Å²) in [7, 11) is 1.70. The Morgan fingerprint density at radius 2 is 1.68 bits per heavy atom. The van der Waals surface area contributed by atoms with Crippen LogP contribution in [-0.2, 0) is 24.9 Å². The Morgan fingerprint density at radius 3 is 2.16 bits per heavy atom. The number of allylic oxidation sites excluding steroid dienone is 2. The number of ketones is 1. The van der Waals surface area contributed by atoms with Crippen molar-refractivity contribution in [1.29, 1.82) is 0 Å². The molecule has 4 nitrogen and oxygen atoms in total. The van der Waals surface area contributed by atoms with E-state index >= 15 is 0 Å². The van der Waals surface area contributed by atoms with Crippen LogP contribution >= 0.6 is 0 Å². The fourth-order valence-corrected chi connectivity index (χ4v) is 3.40. The van der Waals surface area contributed by atoms with Crippen molar-refractivity contribution < 1.29 is 34.7 Å². The van der Waals surface area contributed by atoms with Crippen LogP contribution in [0.2, 0.25) is 0 Å². The Balaban J connectivity index is 0.000000523. The number of benzene rings is 2. The van der Waals surface area contributed by atoms with E-state index in [2.05, 4.69) is 65.0 Å². The summed E-state index contributed by atoms with van der Waals surface area (Å²) in [5.41, 5.74) is 9.01. The number of rotatable bonds is 3. The summed E-state index contributed by atoms with van der Waals surface area (Å²) in [6.45, 7) is 13.4. The minimum absolute atomic E-state index is 0. The van der Waals surface area contributed by atoms with E-state index in [4.69, 9.17) is 14.8 Å². The van der Waals surface area contributed by atoms with Crippen molar-refractivity contribution in [3.05, 3.63) is 70.0 Å². The second-order valence-corrected chi connectivity index (χ2v) is 7.70. The number of aliphatic hydroxyl groups excluding tert-OH is 1. The van der Waals surface area contributed by atoms with Gasteiger partial charge in [0.1, 0.15) is 5.75 Å². The van der Waals surface area contributed by atoms with Crippen molar-refractivity contribution in [3.8, 4) is 17.0 Å². The summed E-state index contributed by atoms with van der Waals surface area (Å²) in [6, 6.07) is 11.9. The van der Waals surface area contributed by atoms with Gasteiger partial charge in [0.05, 0.1) is 18.4 Å². The molecule has 0 atom stereocenters. The molecule has 167 valence electrons. The molecule has 3 aromatic rings. The van der Waals surface area contributed by atoms with Crippen LogP contribution in [0.5, 0.6) is 5.75 Å². The van der Waals surface area contributed by atoms with Gasteiger partial charge in [-0.3, -0.25) is 9.78 Å². The molecule has 1 radical (unpaired) electrons. The van der Waals surface area contributed by atoms with Gasteiger partial charge in [-0.2, -0.15) is 0 Å². The number of carbonyl (C=O) groups excluding carboxylic acids is 1. The van der Waals surface area contributed by atoms with Crippen LogP contribution in [0.1, 0.15) is 41.7 Å². The van der Waals surface area contributed by atoms with Crippen molar-refractivity contribution in [2.45, 2.75) is 48.5 Å². The topological polar surface area (TPSA) is 59.4 Å². The van der Waals surface area contributed by atoms with Crippen LogP contribution in [-0.4, -0.2) is 23.0 Å². The van der Waals surface area contributed by atoms with Crippen molar-refractivity contribution in [2.75, 3.05) is 7.11 Å². The first-order chi connectivity index (χ1) is 14.0. The van der Waals surface area contributed by atoms with Gasteiger partial charge in [0.15, 0.2) is 5.78 Å². The molecule has 0 aliphatic heterocycles. The van der Waals surface area contributed by atoms with Gasteiger partial charge in [-0.15, -0.1) is 34.9 Å². The number of aromatic nitrogens is 1. The molecule has 1 N–H and O–H groups in total. The van der Waals surface area contributed by atoms with Crippen LogP contribution in [0.25, 0.3) is 22.2 Å². The van der Waals surface area contributed by atoms with Gasteiger partial charge in [-0.25, -0.2) is 0 Å². The SMILES string of the molecule is CC(=O)/C=C(/C)O.COc1cc2c(C)c(C)c(C)cc2nc1-c1[c-]c(C)cc(C)c1.[Ir]. The van der Waals surface area contributed by atoms with Gasteiger partial charge in [-0.05, 0) is 63.4 Å². The minimum Gasteiger partial charge on any atom is -0.512 e. The average Bonchev–Trinajstić information content (AvgIpc) is 2.64. The summed E-state index contributed by atoms with van der Waals surface area (Å²) >= 11 is 0. The predicted octanol–water partition coefficient (Wildman–Crippen LogP) is 6.29. The molecule has 0 amide bonds. The Labute approximate surface area is 198 Å². The zero-order valence-electron chi connectivity index (χ0n) is 19.4. The van der Waals surface area contributed by atoms with Gasteiger partial charge in [0, 0.05) is 37.3 Å². The monoisotopic (exact) mass is 597 g/mol. The van der Waals surface area contributed by atoms with E-state index in [0.717, 1.165) is 33.5 Å². The molecule has 0 fully saturated rings. The number of aryl methyl sites for hydroxylation is 4. The Hall–Kier alpha value is -2.49. The molecule has 0 saturated heterocycles. The van der Waals surface area contributed by atoms with E-state index in [1.165, 1.54) is 42.2 Å². The molecule has 2 aromatic carbocycles. The van der Waals surface area contributed by atoms with Crippen molar-refractivity contribution in [2.24, 2.45) is 0 Å². The molecule has 0 aliphatic rings. The van der Waals surface area contributed by atoms with Crippen LogP contribution < -0.4 is 4.74 Å². The van der Waals surface area contributed by atoms with E-state index in [9.17, 15) is 4.79 Å². The Kier molecular flexibility index (Phi) is 9.61. The summed E-state index contributed by atoms with van der Waals surface area (Å²) < 4.78 is 5.63. The van der Waals surface area contributed by atoms with Crippen LogP contribution in [0, 0.1) is 40.7 Å². The summed E-state index contributed by atoms with van der Waals surface area (Å²) in [5.74, 6) is 0.734. The van der Waals surface area contributed by atoms with E-state index in [0.29, 0.717) is 0 Å². The molecule has 0 spiro atoms. The Bertz CT molecular complexity index is 1110. The van der Waals surface area contributed by atoms with Gasteiger partial charge >= 0.3 is 0 Å². The number of nitrogens with zero attached hydrogens (tertiary/aromatic N) is 1. The average molecular weight is 597 g/mol. The minimum atomic E-state index is -0.125. The molecule has 3 rings (SSSR count). The summed E-state index contributed by atoms with van der Waals surface area (Å²) in [5, 5.41) is 9.51. The second-order valence-electron chi connectivity index (χ2n) is 7.70. The van der Waals surface area contributed by atoms with Crippen molar-refractivity contribution in [3.63, 3.8) is 0 Å². The number of methoxy groups -OCH3 is 1. The maximum absolute atomic E-state index is 10.0. The quantitative estimate of drug-likeness (QED) is 0.220. The zero-order chi connectivity index (χ0) is 22.6. The molecule has 1 aromatic heterocycles. The van der Waals surface area contributed by atoms with Gasteiger partial charge in [-0.1, -0.05) is 13.8 Å². The van der Waals surface area contributed by atoms with E-state index in [1.807, 2.05) is 0 Å². The fraction of sp³-hybridized carbons (Fsp3) is 0.308. The zero-order valence-corrected chi connectivity index (χ0v) is 21.8. The molecule has 0 saturated carbocycles. The van der Waals surface area contributed by atoms with Crippen LogP contribution in [0.15, 0.2) is 36.1 Å². The molecule has 0 unspecified atom stereocenters. The molecule has 1 heterocycles. The van der Waals surface area contributed by atoms with Crippen molar-refractivity contribution in [1.82, 2.24) is 4.98 Å². The first-order valence-electron chi connectivity index (χ1n) is 9.87. The molecule has 0 aliphatic carbocycles. The standard InChI is InChI=1S/C21H22NO.C5H8O2.Ir/c1-12-7-13(2)9-17(8-12)21-20(23-6)11-18-16(5)15(4)14(3)10-19(18)22-21;1-4(6)3-5(2)7;/h7-8,10-11H,1-6H3;3,6H,1-2H3;/q-1;;/b;4-3-;. The van der Waals surface area contributed by atoms with Crippen molar-refractivity contribution >= 4 is 16.7 Å². The fourth-order valence-electron chi connectivity index (χ4n) is 3.40. The number of fused-ring (bicyclic) bond motifs is 1. The molecule has 5 heteroatoms. The Morgan fingerprint density at radius 1 is 1.03 bits per heavy atom. The third-order valence-corrected chi connectivity index (χ3v) is 4.96. The smallest absolute Gasteiger partial charge is 0.155 e. The molecular formula is C26H30IrNO3-. The number of aliphatic hydroxyl groups is 1. The number of pyridine rings is 1. The maximum Gasteiger partial charge on any atom is 0.155 e. The summed E-state index contributed by atoms with van der Waals surface area (Å²) in [4.78, 5) is 14.9.